The van der Waals surface area contributed by atoms with Gasteiger partial charge in [0.05, 0.1) is 12.6 Å². The van der Waals surface area contributed by atoms with E-state index in [1.807, 2.05) is 6.92 Å². The van der Waals surface area contributed by atoms with Crippen LogP contribution in [-0.2, 0) is 9.59 Å². The highest BCUT2D eigenvalue weighted by Crippen LogP contribution is 2.44. The van der Waals surface area contributed by atoms with Crippen LogP contribution < -0.4 is 10.1 Å². The fourth-order valence-corrected chi connectivity index (χ4v) is 4.18. The van der Waals surface area contributed by atoms with E-state index >= 15 is 0 Å². The van der Waals surface area contributed by atoms with Crippen LogP contribution in [0.2, 0.25) is 5.02 Å². The molecule has 2 aliphatic rings. The van der Waals surface area contributed by atoms with E-state index in [9.17, 15) is 9.59 Å². The van der Waals surface area contributed by atoms with Gasteiger partial charge in [-0.1, -0.05) is 18.5 Å². The molecule has 1 aromatic rings. The lowest BCUT2D eigenvalue weighted by Crippen LogP contribution is -2.49. The number of aryl methyl sites for hydroxylation is 1. The predicted octanol–water partition coefficient (Wildman–Crippen LogP) is 3.39. The minimum atomic E-state index is -0.796. The normalized spacial score (nSPS) is 30.6. The topological polar surface area (TPSA) is 55.4 Å². The summed E-state index contributed by atoms with van der Waals surface area (Å²) in [6.45, 7) is 4.05. The highest BCUT2D eigenvalue weighted by molar-refractivity contribution is 6.31. The van der Waals surface area contributed by atoms with Crippen molar-refractivity contribution in [1.82, 2.24) is 5.32 Å². The van der Waals surface area contributed by atoms with Crippen LogP contribution in [0.5, 0.6) is 5.75 Å². The summed E-state index contributed by atoms with van der Waals surface area (Å²) in [4.78, 5) is 25.8. The van der Waals surface area contributed by atoms with E-state index in [0.29, 0.717) is 22.3 Å². The van der Waals surface area contributed by atoms with Crippen LogP contribution in [0.1, 0.15) is 49.7 Å². The number of rotatable bonds is 2. The van der Waals surface area contributed by atoms with Gasteiger partial charge in [-0.15, -0.1) is 0 Å². The Kier molecular flexibility index (Phi) is 4.13. The third-order valence-corrected chi connectivity index (χ3v) is 5.53. The highest BCUT2D eigenvalue weighted by atomic mass is 35.5. The maximum atomic E-state index is 13.1. The van der Waals surface area contributed by atoms with Crippen molar-refractivity contribution in [1.29, 1.82) is 0 Å². The van der Waals surface area contributed by atoms with Crippen molar-refractivity contribution in [2.24, 2.45) is 5.92 Å². The van der Waals surface area contributed by atoms with Gasteiger partial charge in [-0.3, -0.25) is 9.59 Å². The first kappa shape index (κ1) is 16.3. The lowest BCUT2D eigenvalue weighted by Gasteiger charge is -2.34. The van der Waals surface area contributed by atoms with E-state index in [1.165, 1.54) is 7.11 Å². The number of Topliss-reactive ketones (excluding diaryl/α,β-unsaturated/α-hetero) is 1. The van der Waals surface area contributed by atoms with Crippen molar-refractivity contribution >= 4 is 23.3 Å². The number of ether oxygens (including phenoxy) is 1. The molecule has 0 bridgehead atoms. The molecule has 2 fully saturated rings. The van der Waals surface area contributed by atoms with E-state index < -0.39 is 11.5 Å². The van der Waals surface area contributed by atoms with Gasteiger partial charge in [0, 0.05) is 10.6 Å². The molecule has 1 saturated heterocycles. The molecule has 1 aliphatic heterocycles. The first-order valence-electron chi connectivity index (χ1n) is 8.08. The molecule has 124 valence electrons. The molecule has 23 heavy (non-hydrogen) atoms. The molecule has 4 nitrogen and oxygen atoms in total. The average molecular weight is 336 g/mol. The Labute approximate surface area is 141 Å². The van der Waals surface area contributed by atoms with Gasteiger partial charge in [0.2, 0.25) is 5.91 Å². The van der Waals surface area contributed by atoms with Crippen LogP contribution in [0.15, 0.2) is 12.1 Å². The maximum absolute atomic E-state index is 13.1. The summed E-state index contributed by atoms with van der Waals surface area (Å²) >= 11 is 6.07. The molecule has 1 aromatic carbocycles. The van der Waals surface area contributed by atoms with E-state index in [2.05, 4.69) is 12.2 Å². The summed E-state index contributed by atoms with van der Waals surface area (Å²) in [5.74, 6) is 0.0860. The van der Waals surface area contributed by atoms with Crippen LogP contribution in [0, 0.1) is 12.8 Å². The Morgan fingerprint density at radius 2 is 1.91 bits per heavy atom. The Bertz CT molecular complexity index is 662. The van der Waals surface area contributed by atoms with Gasteiger partial charge in [0.15, 0.2) is 5.78 Å². The minimum absolute atomic E-state index is 0.0156. The van der Waals surface area contributed by atoms with Gasteiger partial charge in [-0.05, 0) is 56.2 Å². The predicted molar refractivity (Wildman–Crippen MR) is 89.0 cm³/mol. The molecule has 1 atom stereocenters. The Morgan fingerprint density at radius 3 is 2.52 bits per heavy atom. The zero-order valence-electron chi connectivity index (χ0n) is 13.7. The molecule has 1 unspecified atom stereocenters. The summed E-state index contributed by atoms with van der Waals surface area (Å²) < 4.78 is 5.39. The first-order chi connectivity index (χ1) is 10.9. The molecule has 1 spiro atoms. The summed E-state index contributed by atoms with van der Waals surface area (Å²) in [5.41, 5.74) is 0.768. The van der Waals surface area contributed by atoms with Crippen molar-refractivity contribution < 1.29 is 14.3 Å². The third-order valence-electron chi connectivity index (χ3n) is 5.31. The summed E-state index contributed by atoms with van der Waals surface area (Å²) in [7, 11) is 1.53. The van der Waals surface area contributed by atoms with Gasteiger partial charge < -0.3 is 10.1 Å². The average Bonchev–Trinajstić information content (AvgIpc) is 2.73. The Balaban J connectivity index is 2.02. The van der Waals surface area contributed by atoms with E-state index in [-0.39, 0.29) is 11.7 Å². The van der Waals surface area contributed by atoms with Crippen LogP contribution in [0.3, 0.4) is 0 Å². The number of carbonyl (C=O) groups excluding carboxylic acids is 2. The Morgan fingerprint density at radius 1 is 1.26 bits per heavy atom. The summed E-state index contributed by atoms with van der Waals surface area (Å²) in [6.07, 6.45) is 3.39. The minimum Gasteiger partial charge on any atom is -0.496 e. The van der Waals surface area contributed by atoms with E-state index in [0.717, 1.165) is 31.2 Å². The standard InChI is InChI=1S/C18H22ClNO3/c1-10-4-6-18(7-5-10)16(21)15(17(22)20-18)14-11(2)8-12(19)9-13(14)23-3/h8-10,15H,4-7H2,1-3H3,(H,20,22). The number of benzene rings is 1. The smallest absolute Gasteiger partial charge is 0.236 e. The maximum Gasteiger partial charge on any atom is 0.236 e. The number of amides is 1. The van der Waals surface area contributed by atoms with Gasteiger partial charge in [-0.25, -0.2) is 0 Å². The Hall–Kier alpha value is -1.55. The molecule has 3 rings (SSSR count). The van der Waals surface area contributed by atoms with E-state index in [4.69, 9.17) is 16.3 Å². The van der Waals surface area contributed by atoms with Crippen LogP contribution in [0.4, 0.5) is 0 Å². The van der Waals surface area contributed by atoms with Gasteiger partial charge >= 0.3 is 0 Å². The third kappa shape index (κ3) is 2.63. The lowest BCUT2D eigenvalue weighted by molar-refractivity contribution is -0.126. The zero-order valence-corrected chi connectivity index (χ0v) is 14.5. The van der Waals surface area contributed by atoms with Crippen molar-refractivity contribution in [3.63, 3.8) is 0 Å². The second-order valence-electron chi connectivity index (χ2n) is 6.89. The lowest BCUT2D eigenvalue weighted by atomic mass is 9.73. The largest absolute Gasteiger partial charge is 0.496 e. The van der Waals surface area contributed by atoms with E-state index in [1.54, 1.807) is 12.1 Å². The highest BCUT2D eigenvalue weighted by Gasteiger charge is 2.54. The molecular formula is C18H22ClNO3. The van der Waals surface area contributed by atoms with Gasteiger partial charge in [0.1, 0.15) is 11.7 Å². The molecule has 1 heterocycles. The molecule has 1 amide bonds. The number of hydrogen-bond acceptors (Lipinski definition) is 3. The monoisotopic (exact) mass is 335 g/mol. The van der Waals surface area contributed by atoms with Crippen LogP contribution in [-0.4, -0.2) is 24.3 Å². The number of hydrogen-bond donors (Lipinski definition) is 1. The van der Waals surface area contributed by atoms with Crippen molar-refractivity contribution in [3.05, 3.63) is 28.3 Å². The number of methoxy groups -OCH3 is 1. The fraction of sp³-hybridized carbons (Fsp3) is 0.556. The quantitative estimate of drug-likeness (QED) is 0.843. The number of halogens is 1. The molecule has 5 heteroatoms. The molecule has 0 radical (unpaired) electrons. The summed E-state index contributed by atoms with van der Waals surface area (Å²) in [6, 6.07) is 3.44. The van der Waals surface area contributed by atoms with Gasteiger partial charge in [-0.2, -0.15) is 0 Å². The fourth-order valence-electron chi connectivity index (χ4n) is 3.92. The molecular weight excluding hydrogens is 314 g/mol. The number of nitrogens with one attached hydrogen (secondary N) is 1. The number of ketones is 1. The SMILES string of the molecule is COc1cc(Cl)cc(C)c1C1C(=O)NC2(CCC(C)CC2)C1=O. The molecule has 1 N–H and O–H groups in total. The number of carbonyl (C=O) groups is 2. The molecule has 1 aliphatic carbocycles. The molecule has 1 saturated carbocycles. The van der Waals surface area contributed by atoms with Gasteiger partial charge in [0.25, 0.3) is 0 Å². The second kappa shape index (κ2) is 5.82. The van der Waals surface area contributed by atoms with Crippen LogP contribution >= 0.6 is 11.6 Å². The van der Waals surface area contributed by atoms with Crippen LogP contribution in [0.25, 0.3) is 0 Å². The first-order valence-corrected chi connectivity index (χ1v) is 8.46. The summed E-state index contributed by atoms with van der Waals surface area (Å²) in [5, 5.41) is 3.54. The van der Waals surface area contributed by atoms with Crippen molar-refractivity contribution in [2.45, 2.75) is 51.0 Å². The van der Waals surface area contributed by atoms with Crippen molar-refractivity contribution in [2.75, 3.05) is 7.11 Å². The molecule has 0 aromatic heterocycles. The second-order valence-corrected chi connectivity index (χ2v) is 7.33. The van der Waals surface area contributed by atoms with Crippen molar-refractivity contribution in [3.8, 4) is 5.75 Å². The zero-order chi connectivity index (χ0) is 16.8.